The molecule has 1 saturated heterocycles. The van der Waals surface area contributed by atoms with Gasteiger partial charge in [-0.1, -0.05) is 29.8 Å². The van der Waals surface area contributed by atoms with Crippen LogP contribution in [0.3, 0.4) is 0 Å². The highest BCUT2D eigenvalue weighted by atomic mass is 35.5. The maximum Gasteiger partial charge on any atom is 0.223 e. The van der Waals surface area contributed by atoms with Crippen LogP contribution in [0.15, 0.2) is 48.8 Å². The summed E-state index contributed by atoms with van der Waals surface area (Å²) in [6.45, 7) is 1.56. The number of hydrogen-bond donors (Lipinski definition) is 0. The lowest BCUT2D eigenvalue weighted by Crippen LogP contribution is -2.29. The van der Waals surface area contributed by atoms with Gasteiger partial charge in [0.2, 0.25) is 5.91 Å². The predicted octanol–water partition coefficient (Wildman–Crippen LogP) is 4.27. The van der Waals surface area contributed by atoms with Crippen molar-refractivity contribution in [2.45, 2.75) is 25.2 Å². The molecular weight excluding hydrogens is 353 g/mol. The van der Waals surface area contributed by atoms with Crippen molar-refractivity contribution in [3.63, 3.8) is 0 Å². The molecule has 0 N–H and O–H groups in total. The molecule has 1 unspecified atom stereocenters. The lowest BCUT2D eigenvalue weighted by atomic mass is 9.91. The van der Waals surface area contributed by atoms with Crippen molar-refractivity contribution in [3.05, 3.63) is 70.9 Å². The molecule has 0 radical (unpaired) electrons. The minimum atomic E-state index is -0.419. The second-order valence-corrected chi connectivity index (χ2v) is 7.06. The van der Waals surface area contributed by atoms with Crippen LogP contribution in [0.2, 0.25) is 5.02 Å². The highest BCUT2D eigenvalue weighted by Gasteiger charge is 2.27. The fourth-order valence-electron chi connectivity index (χ4n) is 3.63. The van der Waals surface area contributed by atoms with Gasteiger partial charge in [-0.25, -0.2) is 9.37 Å². The van der Waals surface area contributed by atoms with E-state index in [0.29, 0.717) is 10.6 Å². The highest BCUT2D eigenvalue weighted by Crippen LogP contribution is 2.32. The minimum absolute atomic E-state index is 0.0488. The third kappa shape index (κ3) is 3.19. The van der Waals surface area contributed by atoms with Crippen LogP contribution in [-0.4, -0.2) is 33.3 Å². The predicted molar refractivity (Wildman–Crippen MR) is 98.9 cm³/mol. The van der Waals surface area contributed by atoms with Crippen LogP contribution in [0.4, 0.5) is 4.39 Å². The molecule has 26 heavy (non-hydrogen) atoms. The Bertz CT molecular complexity index is 949. The summed E-state index contributed by atoms with van der Waals surface area (Å²) < 4.78 is 16.4. The number of likely N-dealkylation sites (tertiary alicyclic amines) is 1. The molecule has 1 aromatic carbocycles. The lowest BCUT2D eigenvalue weighted by molar-refractivity contribution is -0.130. The summed E-state index contributed by atoms with van der Waals surface area (Å²) in [6, 6.07) is 10.2. The largest absolute Gasteiger partial charge is 0.343 e. The molecule has 6 heteroatoms. The van der Waals surface area contributed by atoms with E-state index in [1.807, 2.05) is 15.4 Å². The van der Waals surface area contributed by atoms with Crippen molar-refractivity contribution in [2.24, 2.45) is 0 Å². The van der Waals surface area contributed by atoms with Crippen LogP contribution < -0.4 is 0 Å². The Kier molecular flexibility index (Phi) is 4.64. The van der Waals surface area contributed by atoms with Gasteiger partial charge < -0.3 is 9.30 Å². The molecule has 1 fully saturated rings. The normalized spacial score (nSPS) is 15.5. The number of amides is 1. The molecule has 4 nitrogen and oxygen atoms in total. The molecule has 1 amide bonds. The van der Waals surface area contributed by atoms with Crippen molar-refractivity contribution < 1.29 is 9.18 Å². The molecule has 2 aromatic heterocycles. The second-order valence-electron chi connectivity index (χ2n) is 6.62. The number of carbonyl (C=O) groups excluding carboxylic acids is 1. The lowest BCUT2D eigenvalue weighted by Gasteiger charge is -2.22. The Morgan fingerprint density at radius 1 is 1.19 bits per heavy atom. The van der Waals surface area contributed by atoms with Gasteiger partial charge in [0.05, 0.1) is 10.7 Å². The first-order valence-corrected chi connectivity index (χ1v) is 9.16. The molecule has 0 saturated carbocycles. The zero-order valence-electron chi connectivity index (χ0n) is 14.2. The second kappa shape index (κ2) is 7.08. The molecule has 134 valence electrons. The van der Waals surface area contributed by atoms with Gasteiger partial charge in [0, 0.05) is 37.8 Å². The van der Waals surface area contributed by atoms with Crippen LogP contribution in [-0.2, 0) is 4.79 Å². The van der Waals surface area contributed by atoms with Crippen molar-refractivity contribution in [1.29, 1.82) is 0 Å². The fourth-order valence-corrected chi connectivity index (χ4v) is 3.79. The van der Waals surface area contributed by atoms with Gasteiger partial charge in [-0.15, -0.1) is 0 Å². The van der Waals surface area contributed by atoms with Crippen molar-refractivity contribution in [1.82, 2.24) is 14.3 Å². The van der Waals surface area contributed by atoms with Gasteiger partial charge in [0.1, 0.15) is 11.5 Å². The zero-order valence-corrected chi connectivity index (χ0v) is 15.0. The third-order valence-electron chi connectivity index (χ3n) is 4.97. The summed E-state index contributed by atoms with van der Waals surface area (Å²) in [5, 5.41) is 0.565. The van der Waals surface area contributed by atoms with E-state index < -0.39 is 5.92 Å². The third-order valence-corrected chi connectivity index (χ3v) is 5.20. The number of imidazole rings is 1. The van der Waals surface area contributed by atoms with Crippen LogP contribution in [0, 0.1) is 5.82 Å². The van der Waals surface area contributed by atoms with E-state index in [2.05, 4.69) is 4.98 Å². The Labute approximate surface area is 156 Å². The quantitative estimate of drug-likeness (QED) is 0.686. The Morgan fingerprint density at radius 3 is 2.73 bits per heavy atom. The van der Waals surface area contributed by atoms with E-state index >= 15 is 0 Å². The number of fused-ring (bicyclic) bond motifs is 1. The minimum Gasteiger partial charge on any atom is -0.343 e. The number of pyridine rings is 1. The van der Waals surface area contributed by atoms with Crippen LogP contribution in [0.5, 0.6) is 0 Å². The average Bonchev–Trinajstić information content (AvgIpc) is 3.30. The summed E-state index contributed by atoms with van der Waals surface area (Å²) >= 11 is 6.14. The van der Waals surface area contributed by atoms with Gasteiger partial charge in [-0.05, 0) is 36.6 Å². The Morgan fingerprint density at radius 2 is 1.96 bits per heavy atom. The van der Waals surface area contributed by atoms with Crippen LogP contribution >= 0.6 is 11.6 Å². The first kappa shape index (κ1) is 17.0. The molecule has 1 atom stereocenters. The molecular formula is C20H19ClFN3O. The number of hydrogen-bond acceptors (Lipinski definition) is 2. The summed E-state index contributed by atoms with van der Waals surface area (Å²) in [5.74, 6) is -0.686. The monoisotopic (exact) mass is 371 g/mol. The molecule has 0 bridgehead atoms. The first-order valence-electron chi connectivity index (χ1n) is 8.78. The van der Waals surface area contributed by atoms with E-state index in [9.17, 15) is 9.18 Å². The van der Waals surface area contributed by atoms with Gasteiger partial charge in [-0.3, -0.25) is 4.79 Å². The van der Waals surface area contributed by atoms with Crippen molar-refractivity contribution >= 4 is 23.2 Å². The summed E-state index contributed by atoms with van der Waals surface area (Å²) in [6.07, 6.45) is 5.73. The first-order chi connectivity index (χ1) is 12.6. The SMILES string of the molecule is O=C(CC(c1ccccc1F)c1cnc2ccc(Cl)cn12)N1CCCC1. The molecule has 0 aliphatic carbocycles. The number of carbonyl (C=O) groups is 1. The number of benzene rings is 1. The zero-order chi connectivity index (χ0) is 18.1. The smallest absolute Gasteiger partial charge is 0.223 e. The topological polar surface area (TPSA) is 37.6 Å². The Balaban J connectivity index is 1.78. The summed E-state index contributed by atoms with van der Waals surface area (Å²) in [4.78, 5) is 19.0. The summed E-state index contributed by atoms with van der Waals surface area (Å²) in [7, 11) is 0. The maximum absolute atomic E-state index is 14.6. The van der Waals surface area contributed by atoms with Crippen molar-refractivity contribution in [3.8, 4) is 0 Å². The van der Waals surface area contributed by atoms with Crippen molar-refractivity contribution in [2.75, 3.05) is 13.1 Å². The standard InChI is InChI=1S/C20H19ClFN3O/c21-14-7-8-19-23-12-18(25(19)13-14)16(15-5-1-2-6-17(15)22)11-20(26)24-9-3-4-10-24/h1-2,5-8,12-13,16H,3-4,9-11H2. The van der Waals surface area contributed by atoms with Gasteiger partial charge in [0.25, 0.3) is 0 Å². The van der Waals surface area contributed by atoms with Crippen LogP contribution in [0.25, 0.3) is 5.65 Å². The number of nitrogens with zero attached hydrogens (tertiary/aromatic N) is 3. The van der Waals surface area contributed by atoms with E-state index in [-0.39, 0.29) is 18.1 Å². The fraction of sp³-hybridized carbons (Fsp3) is 0.300. The average molecular weight is 372 g/mol. The van der Waals surface area contributed by atoms with E-state index in [1.165, 1.54) is 6.07 Å². The van der Waals surface area contributed by atoms with E-state index in [4.69, 9.17) is 11.6 Å². The molecule has 1 aliphatic heterocycles. The molecule has 4 rings (SSSR count). The molecule has 0 spiro atoms. The van der Waals surface area contributed by atoms with Crippen LogP contribution in [0.1, 0.15) is 36.4 Å². The van der Waals surface area contributed by atoms with E-state index in [1.54, 1.807) is 36.7 Å². The molecule has 3 heterocycles. The van der Waals surface area contributed by atoms with Gasteiger partial charge in [-0.2, -0.15) is 0 Å². The number of aromatic nitrogens is 2. The van der Waals surface area contributed by atoms with Gasteiger partial charge in [0.15, 0.2) is 0 Å². The Hall–Kier alpha value is -2.40. The molecule has 1 aliphatic rings. The van der Waals surface area contributed by atoms with E-state index in [0.717, 1.165) is 37.3 Å². The highest BCUT2D eigenvalue weighted by molar-refractivity contribution is 6.30. The maximum atomic E-state index is 14.6. The number of halogens is 2. The molecule has 3 aromatic rings. The summed E-state index contributed by atoms with van der Waals surface area (Å²) in [5.41, 5.74) is 1.99. The van der Waals surface area contributed by atoms with Gasteiger partial charge >= 0.3 is 0 Å². The number of rotatable bonds is 4.